The first kappa shape index (κ1) is 23.8. The molecular weight excluding hydrogens is 432 g/mol. The van der Waals surface area contributed by atoms with Gasteiger partial charge in [-0.3, -0.25) is 9.59 Å². The van der Waals surface area contributed by atoms with Gasteiger partial charge in [-0.2, -0.15) is 0 Å². The van der Waals surface area contributed by atoms with E-state index in [0.29, 0.717) is 13.1 Å². The van der Waals surface area contributed by atoms with Gasteiger partial charge in [-0.25, -0.2) is 4.79 Å². The minimum absolute atomic E-state index is 0.0260. The van der Waals surface area contributed by atoms with Crippen LogP contribution in [0.25, 0.3) is 11.1 Å². The first-order valence-corrected chi connectivity index (χ1v) is 11.9. The number of rotatable bonds is 7. The number of amides is 2. The van der Waals surface area contributed by atoms with Gasteiger partial charge in [-0.15, -0.1) is 0 Å². The molecule has 2 N–H and O–H groups in total. The fourth-order valence-electron chi connectivity index (χ4n) is 4.86. The lowest BCUT2D eigenvalue weighted by atomic mass is 9.82. The summed E-state index contributed by atoms with van der Waals surface area (Å²) in [6.45, 7) is 5.68. The summed E-state index contributed by atoms with van der Waals surface area (Å²) in [6.07, 6.45) is 0.852. The number of carbonyl (C=O) groups excluding carboxylic acids is 2. The number of carboxylic acids is 1. The molecule has 2 aliphatic rings. The molecule has 1 aliphatic carbocycles. The van der Waals surface area contributed by atoms with Crippen molar-refractivity contribution in [2.24, 2.45) is 5.41 Å². The highest BCUT2D eigenvalue weighted by atomic mass is 16.5. The van der Waals surface area contributed by atoms with Gasteiger partial charge in [0.2, 0.25) is 5.91 Å². The zero-order valence-corrected chi connectivity index (χ0v) is 19.8. The topological polar surface area (TPSA) is 95.9 Å². The molecule has 1 unspecified atom stereocenters. The van der Waals surface area contributed by atoms with E-state index in [-0.39, 0.29) is 36.7 Å². The van der Waals surface area contributed by atoms with Crippen molar-refractivity contribution in [3.05, 3.63) is 59.7 Å². The minimum Gasteiger partial charge on any atom is -0.481 e. The number of aliphatic carboxylic acids is 1. The maximum absolute atomic E-state index is 13.1. The fourth-order valence-corrected chi connectivity index (χ4v) is 4.86. The second-order valence-corrected chi connectivity index (χ2v) is 9.94. The Balaban J connectivity index is 1.41. The van der Waals surface area contributed by atoms with Gasteiger partial charge in [0.05, 0.1) is 0 Å². The Bertz CT molecular complexity index is 1020. The number of alkyl carbamates (subject to hydrolysis) is 1. The monoisotopic (exact) mass is 464 g/mol. The summed E-state index contributed by atoms with van der Waals surface area (Å²) in [5, 5.41) is 11.8. The summed E-state index contributed by atoms with van der Waals surface area (Å²) in [6, 6.07) is 15.2. The molecule has 34 heavy (non-hydrogen) atoms. The first-order chi connectivity index (χ1) is 16.2. The third-order valence-electron chi connectivity index (χ3n) is 7.01. The number of carboxylic acid groups (broad SMARTS) is 1. The highest BCUT2D eigenvalue weighted by Gasteiger charge is 2.33. The van der Waals surface area contributed by atoms with Crippen molar-refractivity contribution >= 4 is 18.0 Å². The van der Waals surface area contributed by atoms with E-state index < -0.39 is 18.1 Å². The lowest BCUT2D eigenvalue weighted by Gasteiger charge is -2.38. The molecule has 1 heterocycles. The number of hydrogen-bond donors (Lipinski definition) is 2. The third kappa shape index (κ3) is 5.24. The van der Waals surface area contributed by atoms with Crippen LogP contribution in [0.15, 0.2) is 48.5 Å². The molecular formula is C27H32N2O5. The normalized spacial score (nSPS) is 17.4. The highest BCUT2D eigenvalue weighted by molar-refractivity contribution is 5.86. The standard InChI is InChI=1S/C27H32N2O5/c1-27(2)13-15-29(16-14-27)25(32)23(11-12-24(30)31)28-26(33)34-17-22-20-9-5-3-7-18(20)19-8-4-6-10-21(19)22/h3-10,22-23H,11-17H2,1-2H3,(H,28,33)(H,30,31). The molecule has 1 fully saturated rings. The molecule has 2 aromatic rings. The molecule has 0 spiro atoms. The number of fused-ring (bicyclic) bond motifs is 3. The van der Waals surface area contributed by atoms with E-state index >= 15 is 0 Å². The number of nitrogens with one attached hydrogen (secondary N) is 1. The van der Waals surface area contributed by atoms with Gasteiger partial charge < -0.3 is 20.1 Å². The van der Waals surface area contributed by atoms with E-state index in [9.17, 15) is 14.4 Å². The van der Waals surface area contributed by atoms with E-state index in [2.05, 4.69) is 31.3 Å². The smallest absolute Gasteiger partial charge is 0.407 e. The molecule has 0 aromatic heterocycles. The summed E-state index contributed by atoms with van der Waals surface area (Å²) >= 11 is 0. The van der Waals surface area contributed by atoms with E-state index in [4.69, 9.17) is 9.84 Å². The molecule has 7 nitrogen and oxygen atoms in total. The van der Waals surface area contributed by atoms with Crippen molar-refractivity contribution in [3.63, 3.8) is 0 Å². The Kier molecular flexibility index (Phi) is 6.91. The summed E-state index contributed by atoms with van der Waals surface area (Å²) in [7, 11) is 0. The summed E-state index contributed by atoms with van der Waals surface area (Å²) in [5.41, 5.74) is 4.65. The zero-order valence-electron chi connectivity index (χ0n) is 19.8. The summed E-state index contributed by atoms with van der Waals surface area (Å²) in [5.74, 6) is -1.34. The van der Waals surface area contributed by atoms with Crippen LogP contribution in [0.3, 0.4) is 0 Å². The van der Waals surface area contributed by atoms with Gasteiger partial charge in [0.1, 0.15) is 12.6 Å². The number of nitrogens with zero attached hydrogens (tertiary/aromatic N) is 1. The van der Waals surface area contributed by atoms with Crippen LogP contribution in [0, 0.1) is 5.41 Å². The van der Waals surface area contributed by atoms with Crippen LogP contribution in [0.5, 0.6) is 0 Å². The Labute approximate surface area is 200 Å². The van der Waals surface area contributed by atoms with Gasteiger partial charge in [0.15, 0.2) is 0 Å². The lowest BCUT2D eigenvalue weighted by molar-refractivity contribution is -0.138. The van der Waals surface area contributed by atoms with E-state index in [0.717, 1.165) is 35.1 Å². The molecule has 0 saturated carbocycles. The van der Waals surface area contributed by atoms with Crippen LogP contribution < -0.4 is 5.32 Å². The Morgan fingerprint density at radius 3 is 2.15 bits per heavy atom. The molecule has 1 aliphatic heterocycles. The summed E-state index contributed by atoms with van der Waals surface area (Å²) in [4.78, 5) is 38.7. The number of likely N-dealkylation sites (tertiary alicyclic amines) is 1. The number of ether oxygens (including phenoxy) is 1. The van der Waals surface area contributed by atoms with Crippen molar-refractivity contribution in [1.82, 2.24) is 10.2 Å². The predicted molar refractivity (Wildman–Crippen MR) is 128 cm³/mol. The Morgan fingerprint density at radius 2 is 1.59 bits per heavy atom. The molecule has 0 bridgehead atoms. The van der Waals surface area contributed by atoms with Gasteiger partial charge in [0.25, 0.3) is 0 Å². The van der Waals surface area contributed by atoms with Crippen LogP contribution >= 0.6 is 0 Å². The average molecular weight is 465 g/mol. The molecule has 180 valence electrons. The van der Waals surface area contributed by atoms with Crippen molar-refractivity contribution in [2.45, 2.75) is 51.5 Å². The number of carbonyl (C=O) groups is 3. The maximum Gasteiger partial charge on any atom is 0.407 e. The maximum atomic E-state index is 13.1. The van der Waals surface area contributed by atoms with Crippen LogP contribution in [-0.2, 0) is 14.3 Å². The molecule has 1 saturated heterocycles. The second kappa shape index (κ2) is 9.87. The number of piperidine rings is 1. The highest BCUT2D eigenvalue weighted by Crippen LogP contribution is 2.44. The average Bonchev–Trinajstić information content (AvgIpc) is 3.13. The SMILES string of the molecule is CC1(C)CCN(C(=O)C(CCC(=O)O)NC(=O)OCC2c3ccccc3-c3ccccc32)CC1. The minimum atomic E-state index is -1.01. The van der Waals surface area contributed by atoms with Crippen molar-refractivity contribution in [2.75, 3.05) is 19.7 Å². The molecule has 2 aromatic carbocycles. The molecule has 4 rings (SSSR count). The molecule has 1 atom stereocenters. The van der Waals surface area contributed by atoms with Gasteiger partial charge in [-0.05, 0) is 46.9 Å². The Hall–Kier alpha value is -3.35. The van der Waals surface area contributed by atoms with Gasteiger partial charge in [-0.1, -0.05) is 62.4 Å². The zero-order chi connectivity index (χ0) is 24.3. The van der Waals surface area contributed by atoms with Crippen molar-refractivity contribution in [1.29, 1.82) is 0 Å². The van der Waals surface area contributed by atoms with Crippen LogP contribution in [0.4, 0.5) is 4.79 Å². The molecule has 2 amide bonds. The number of benzene rings is 2. The fraction of sp³-hybridized carbons (Fsp3) is 0.444. The van der Waals surface area contributed by atoms with E-state index in [1.54, 1.807) is 4.90 Å². The third-order valence-corrected chi connectivity index (χ3v) is 7.01. The first-order valence-electron chi connectivity index (χ1n) is 11.9. The molecule has 7 heteroatoms. The Morgan fingerprint density at radius 1 is 1.03 bits per heavy atom. The van der Waals surface area contributed by atoms with Gasteiger partial charge >= 0.3 is 12.1 Å². The largest absolute Gasteiger partial charge is 0.481 e. The van der Waals surface area contributed by atoms with Crippen molar-refractivity contribution in [3.8, 4) is 11.1 Å². The summed E-state index contributed by atoms with van der Waals surface area (Å²) < 4.78 is 5.58. The van der Waals surface area contributed by atoms with E-state index in [1.807, 2.05) is 36.4 Å². The molecule has 0 radical (unpaired) electrons. The van der Waals surface area contributed by atoms with Crippen LogP contribution in [0.1, 0.15) is 56.6 Å². The van der Waals surface area contributed by atoms with Gasteiger partial charge in [0, 0.05) is 25.4 Å². The number of hydrogen-bond acceptors (Lipinski definition) is 4. The van der Waals surface area contributed by atoms with Crippen LogP contribution in [-0.4, -0.2) is 53.7 Å². The quantitative estimate of drug-likeness (QED) is 0.633. The van der Waals surface area contributed by atoms with E-state index in [1.165, 1.54) is 0 Å². The van der Waals surface area contributed by atoms with Crippen LogP contribution in [0.2, 0.25) is 0 Å². The second-order valence-electron chi connectivity index (χ2n) is 9.94. The van der Waals surface area contributed by atoms with Crippen molar-refractivity contribution < 1.29 is 24.2 Å². The lowest BCUT2D eigenvalue weighted by Crippen LogP contribution is -2.51. The predicted octanol–water partition coefficient (Wildman–Crippen LogP) is 4.41.